The van der Waals surface area contributed by atoms with Gasteiger partial charge in [0.15, 0.2) is 0 Å². The van der Waals surface area contributed by atoms with Crippen molar-refractivity contribution >= 4 is 5.97 Å². The van der Waals surface area contributed by atoms with Gasteiger partial charge >= 0.3 is 5.97 Å². The Morgan fingerprint density at radius 1 is 1.31 bits per heavy atom. The summed E-state index contributed by atoms with van der Waals surface area (Å²) in [6, 6.07) is 6.45. The number of carboxylic acids is 1. The molecule has 0 aliphatic rings. The van der Waals surface area contributed by atoms with Crippen LogP contribution in [-0.2, 0) is 16.1 Å². The standard InChI is InChI=1S/C12H15FO3/c13-11-6-2-1-5-10(11)9-16-8-4-3-7-12(14)15/h1-2,5-6H,3-4,7-9H2,(H,14,15). The fourth-order valence-electron chi connectivity index (χ4n) is 1.28. The van der Waals surface area contributed by atoms with E-state index in [0.29, 0.717) is 25.0 Å². The highest BCUT2D eigenvalue weighted by Crippen LogP contribution is 2.08. The van der Waals surface area contributed by atoms with Gasteiger partial charge in [0.25, 0.3) is 0 Å². The highest BCUT2D eigenvalue weighted by atomic mass is 19.1. The predicted octanol–water partition coefficient (Wildman–Crippen LogP) is 2.60. The number of carbonyl (C=O) groups is 1. The van der Waals surface area contributed by atoms with Gasteiger partial charge in [-0.1, -0.05) is 18.2 Å². The third kappa shape index (κ3) is 4.89. The largest absolute Gasteiger partial charge is 0.481 e. The maximum absolute atomic E-state index is 13.1. The Hall–Kier alpha value is -1.42. The van der Waals surface area contributed by atoms with E-state index in [1.807, 2.05) is 0 Å². The Labute approximate surface area is 93.9 Å². The van der Waals surface area contributed by atoms with Crippen LogP contribution in [0.25, 0.3) is 0 Å². The molecule has 0 spiro atoms. The zero-order chi connectivity index (χ0) is 11.8. The Morgan fingerprint density at radius 3 is 2.75 bits per heavy atom. The number of unbranched alkanes of at least 4 members (excludes halogenated alkanes) is 1. The van der Waals surface area contributed by atoms with Crippen LogP contribution in [0.4, 0.5) is 4.39 Å². The van der Waals surface area contributed by atoms with E-state index in [-0.39, 0.29) is 18.8 Å². The van der Waals surface area contributed by atoms with Gasteiger partial charge in [0.05, 0.1) is 6.61 Å². The lowest BCUT2D eigenvalue weighted by Gasteiger charge is -2.04. The number of carboxylic acid groups (broad SMARTS) is 1. The van der Waals surface area contributed by atoms with Crippen molar-refractivity contribution in [2.45, 2.75) is 25.9 Å². The van der Waals surface area contributed by atoms with Gasteiger partial charge in [-0.05, 0) is 18.9 Å². The molecular weight excluding hydrogens is 211 g/mol. The average Bonchev–Trinajstić information content (AvgIpc) is 2.25. The molecule has 0 bridgehead atoms. The van der Waals surface area contributed by atoms with Gasteiger partial charge in [-0.15, -0.1) is 0 Å². The van der Waals surface area contributed by atoms with Crippen LogP contribution in [0.1, 0.15) is 24.8 Å². The molecule has 0 radical (unpaired) electrons. The van der Waals surface area contributed by atoms with E-state index in [1.165, 1.54) is 6.07 Å². The lowest BCUT2D eigenvalue weighted by Crippen LogP contribution is -2.00. The summed E-state index contributed by atoms with van der Waals surface area (Å²) in [4.78, 5) is 10.2. The Bertz CT molecular complexity index is 339. The van der Waals surface area contributed by atoms with Crippen LogP contribution in [0.2, 0.25) is 0 Å². The third-order valence-electron chi connectivity index (χ3n) is 2.14. The first-order chi connectivity index (χ1) is 7.70. The molecule has 0 saturated heterocycles. The molecule has 88 valence electrons. The normalized spacial score (nSPS) is 10.3. The molecule has 1 rings (SSSR count). The summed E-state index contributed by atoms with van der Waals surface area (Å²) in [7, 11) is 0. The predicted molar refractivity (Wildman–Crippen MR) is 57.5 cm³/mol. The van der Waals surface area contributed by atoms with Crippen LogP contribution < -0.4 is 0 Å². The molecule has 4 heteroatoms. The van der Waals surface area contributed by atoms with Crippen LogP contribution in [-0.4, -0.2) is 17.7 Å². The molecule has 16 heavy (non-hydrogen) atoms. The van der Waals surface area contributed by atoms with Gasteiger partial charge in [-0.25, -0.2) is 4.39 Å². The van der Waals surface area contributed by atoms with Crippen molar-refractivity contribution in [1.82, 2.24) is 0 Å². The summed E-state index contributed by atoms with van der Waals surface area (Å²) in [6.07, 6.45) is 1.43. The molecule has 0 heterocycles. The third-order valence-corrected chi connectivity index (χ3v) is 2.14. The topological polar surface area (TPSA) is 46.5 Å². The molecule has 0 aliphatic heterocycles. The van der Waals surface area contributed by atoms with E-state index >= 15 is 0 Å². The van der Waals surface area contributed by atoms with Crippen molar-refractivity contribution in [2.75, 3.05) is 6.61 Å². The van der Waals surface area contributed by atoms with E-state index < -0.39 is 5.97 Å². The summed E-state index contributed by atoms with van der Waals surface area (Å²) in [5.41, 5.74) is 0.528. The number of hydrogen-bond acceptors (Lipinski definition) is 2. The maximum atomic E-state index is 13.1. The van der Waals surface area contributed by atoms with E-state index in [1.54, 1.807) is 18.2 Å². The molecule has 0 saturated carbocycles. The van der Waals surface area contributed by atoms with Crippen molar-refractivity contribution in [3.05, 3.63) is 35.6 Å². The molecule has 1 aromatic rings. The van der Waals surface area contributed by atoms with Crippen LogP contribution in [0.15, 0.2) is 24.3 Å². The number of halogens is 1. The number of rotatable bonds is 7. The average molecular weight is 226 g/mol. The van der Waals surface area contributed by atoms with Crippen molar-refractivity contribution in [3.63, 3.8) is 0 Å². The first-order valence-electron chi connectivity index (χ1n) is 5.23. The minimum Gasteiger partial charge on any atom is -0.481 e. The van der Waals surface area contributed by atoms with Crippen molar-refractivity contribution in [2.24, 2.45) is 0 Å². The van der Waals surface area contributed by atoms with Crippen LogP contribution in [0.5, 0.6) is 0 Å². The number of ether oxygens (including phenoxy) is 1. The van der Waals surface area contributed by atoms with Crippen LogP contribution in [0.3, 0.4) is 0 Å². The molecule has 3 nitrogen and oxygen atoms in total. The van der Waals surface area contributed by atoms with Gasteiger partial charge in [0, 0.05) is 18.6 Å². The number of aliphatic carboxylic acids is 1. The number of benzene rings is 1. The lowest BCUT2D eigenvalue weighted by atomic mass is 10.2. The van der Waals surface area contributed by atoms with Gasteiger partial charge in [-0.2, -0.15) is 0 Å². The summed E-state index contributed by atoms with van der Waals surface area (Å²) in [5, 5.41) is 8.39. The molecular formula is C12H15FO3. The van der Waals surface area contributed by atoms with Crippen molar-refractivity contribution in [1.29, 1.82) is 0 Å². The van der Waals surface area contributed by atoms with E-state index in [2.05, 4.69) is 0 Å². The molecule has 0 amide bonds. The quantitative estimate of drug-likeness (QED) is 0.727. The van der Waals surface area contributed by atoms with Crippen molar-refractivity contribution < 1.29 is 19.0 Å². The highest BCUT2D eigenvalue weighted by molar-refractivity contribution is 5.66. The van der Waals surface area contributed by atoms with Gasteiger partial charge in [0.2, 0.25) is 0 Å². The monoisotopic (exact) mass is 226 g/mol. The molecule has 0 aliphatic carbocycles. The Balaban J connectivity index is 2.12. The molecule has 0 fully saturated rings. The second-order valence-corrected chi connectivity index (χ2v) is 3.49. The van der Waals surface area contributed by atoms with Gasteiger partial charge in [-0.3, -0.25) is 4.79 Å². The van der Waals surface area contributed by atoms with E-state index in [9.17, 15) is 9.18 Å². The fraction of sp³-hybridized carbons (Fsp3) is 0.417. The molecule has 0 unspecified atom stereocenters. The summed E-state index contributed by atoms with van der Waals surface area (Å²) in [5.74, 6) is -1.07. The first-order valence-corrected chi connectivity index (χ1v) is 5.23. The lowest BCUT2D eigenvalue weighted by molar-refractivity contribution is -0.137. The minimum atomic E-state index is -0.797. The Morgan fingerprint density at radius 2 is 2.06 bits per heavy atom. The zero-order valence-corrected chi connectivity index (χ0v) is 8.99. The second kappa shape index (κ2) is 6.95. The SMILES string of the molecule is O=C(O)CCCCOCc1ccccc1F. The van der Waals surface area contributed by atoms with Gasteiger partial charge in [0.1, 0.15) is 5.82 Å². The van der Waals surface area contributed by atoms with Gasteiger partial charge < -0.3 is 9.84 Å². The summed E-state index contributed by atoms with van der Waals surface area (Å²) >= 11 is 0. The summed E-state index contributed by atoms with van der Waals surface area (Å²) in [6.45, 7) is 0.696. The second-order valence-electron chi connectivity index (χ2n) is 3.49. The summed E-state index contributed by atoms with van der Waals surface area (Å²) < 4.78 is 18.4. The van der Waals surface area contributed by atoms with E-state index in [0.717, 1.165) is 0 Å². The Kier molecular flexibility index (Phi) is 5.50. The fourth-order valence-corrected chi connectivity index (χ4v) is 1.28. The highest BCUT2D eigenvalue weighted by Gasteiger charge is 2.00. The van der Waals surface area contributed by atoms with Crippen LogP contribution >= 0.6 is 0 Å². The minimum absolute atomic E-state index is 0.156. The zero-order valence-electron chi connectivity index (χ0n) is 8.99. The molecule has 0 aromatic heterocycles. The van der Waals surface area contributed by atoms with E-state index in [4.69, 9.17) is 9.84 Å². The smallest absolute Gasteiger partial charge is 0.303 e. The van der Waals surface area contributed by atoms with Crippen LogP contribution in [0, 0.1) is 5.82 Å². The first kappa shape index (κ1) is 12.6. The number of hydrogen-bond donors (Lipinski definition) is 1. The molecule has 0 atom stereocenters. The molecule has 1 aromatic carbocycles. The molecule has 1 N–H and O–H groups in total. The van der Waals surface area contributed by atoms with Crippen molar-refractivity contribution in [3.8, 4) is 0 Å². The maximum Gasteiger partial charge on any atom is 0.303 e.